The molecule has 0 nitrogen and oxygen atoms in total. The van der Waals surface area contributed by atoms with E-state index in [4.69, 9.17) is 0 Å². The minimum Gasteiger partial charge on any atom is -1.00 e. The van der Waals surface area contributed by atoms with Gasteiger partial charge in [-0.05, 0) is 0 Å². The van der Waals surface area contributed by atoms with Crippen LogP contribution in [0.25, 0.3) is 11.1 Å². The molecule has 31 heavy (non-hydrogen) atoms. The second kappa shape index (κ2) is 13.7. The van der Waals surface area contributed by atoms with Crippen molar-refractivity contribution >= 4 is 27.8 Å². The third kappa shape index (κ3) is 9.35. The molecule has 0 fully saturated rings. The first kappa shape index (κ1) is 28.3. The maximum Gasteiger partial charge on any atom is 0.0307 e. The summed E-state index contributed by atoms with van der Waals surface area (Å²) in [5.74, 6) is 0. The average Bonchev–Trinajstić information content (AvgIpc) is 3.40. The number of hydrogen-bond acceptors (Lipinski definition) is 0. The van der Waals surface area contributed by atoms with Gasteiger partial charge in [0, 0.05) is 16.6 Å². The van der Waals surface area contributed by atoms with Gasteiger partial charge in [0.05, 0.1) is 0 Å². The molecule has 2 aliphatic rings. The summed E-state index contributed by atoms with van der Waals surface area (Å²) < 4.78 is 3.44. The normalized spacial score (nSPS) is 14.8. The van der Waals surface area contributed by atoms with Crippen LogP contribution in [0.5, 0.6) is 0 Å². The van der Waals surface area contributed by atoms with Crippen molar-refractivity contribution in [1.82, 2.24) is 0 Å². The van der Waals surface area contributed by atoms with Gasteiger partial charge >= 0.3 is 150 Å². The van der Waals surface area contributed by atoms with Gasteiger partial charge in [0.15, 0.2) is 0 Å². The summed E-state index contributed by atoms with van der Waals surface area (Å²) in [5, 5.41) is 0. The molecule has 0 saturated heterocycles. The molecule has 0 saturated carbocycles. The van der Waals surface area contributed by atoms with Crippen molar-refractivity contribution < 1.29 is 47.7 Å². The molecule has 2 aromatic rings. The van der Waals surface area contributed by atoms with Gasteiger partial charge in [-0.2, -0.15) is 0 Å². The summed E-state index contributed by atoms with van der Waals surface area (Å²) in [6.45, 7) is 9.74. The Balaban J connectivity index is 0.000000535. The average molecular weight is 650 g/mol. The Bertz CT molecular complexity index is 869. The second-order valence-electron chi connectivity index (χ2n) is 8.84. The smallest absolute Gasteiger partial charge is 0.0307 e. The van der Waals surface area contributed by atoms with E-state index < -0.39 is 30.5 Å². The van der Waals surface area contributed by atoms with Crippen LogP contribution in [0.15, 0.2) is 91.6 Å². The van der Waals surface area contributed by atoms with Gasteiger partial charge in [-0.15, -0.1) is 0 Å². The van der Waals surface area contributed by atoms with Gasteiger partial charge in [0.1, 0.15) is 0 Å². The van der Waals surface area contributed by atoms with Crippen LogP contribution in [0, 0.1) is 0 Å². The fraction of sp³-hybridized carbons (Fsp3) is 0.231. The molecule has 0 aliphatic heterocycles. The molecule has 0 spiro atoms. The number of allylic oxidation sites excluding steroid dienone is 8. The van der Waals surface area contributed by atoms with Crippen molar-refractivity contribution in [3.63, 3.8) is 0 Å². The Labute approximate surface area is 215 Å². The molecule has 0 aromatic heterocycles. The Hall–Kier alpha value is -0.716. The number of hydrogen-bond donors (Lipinski definition) is 0. The van der Waals surface area contributed by atoms with Crippen LogP contribution in [-0.4, -0.2) is 16.6 Å². The standard InChI is InChI=1S/2C11H9.C4H14Si2.2ClH.Hf/c2*1-2-6-10(7-3-1)11-8-4-5-9-11;1-5-6(2,3)4;;;/h2*1-3,6-9H,4H2;5H2,1-4H3;2*1H;/q;;;;;+2/p-2. The summed E-state index contributed by atoms with van der Waals surface area (Å²) >= 11 is -0.846. The first-order valence-electron chi connectivity index (χ1n) is 10.6. The van der Waals surface area contributed by atoms with Gasteiger partial charge in [0.2, 0.25) is 0 Å². The molecule has 0 atom stereocenters. The van der Waals surface area contributed by atoms with E-state index in [0.29, 0.717) is 9.04 Å². The third-order valence-electron chi connectivity index (χ3n) is 5.34. The van der Waals surface area contributed by atoms with E-state index in [1.54, 1.807) is 6.66 Å². The third-order valence-corrected chi connectivity index (χ3v) is 18.6. The molecule has 0 N–H and O–H groups in total. The van der Waals surface area contributed by atoms with Crippen molar-refractivity contribution in [1.29, 1.82) is 0 Å². The minimum absolute atomic E-state index is 0. The maximum absolute atomic E-state index is 2.46. The number of halogens is 2. The van der Waals surface area contributed by atoms with Crippen LogP contribution in [0.4, 0.5) is 0 Å². The Morgan fingerprint density at radius 1 is 0.677 bits per heavy atom. The van der Waals surface area contributed by atoms with E-state index in [-0.39, 0.29) is 24.8 Å². The predicted molar refractivity (Wildman–Crippen MR) is 132 cm³/mol. The van der Waals surface area contributed by atoms with Crippen molar-refractivity contribution in [2.24, 2.45) is 0 Å². The molecule has 4 rings (SSSR count). The van der Waals surface area contributed by atoms with Gasteiger partial charge in [-0.1, -0.05) is 26.2 Å². The fourth-order valence-electron chi connectivity index (χ4n) is 3.09. The van der Waals surface area contributed by atoms with Crippen molar-refractivity contribution in [2.75, 3.05) is 0 Å². The second-order valence-corrected chi connectivity index (χ2v) is 28.7. The van der Waals surface area contributed by atoms with E-state index in [0.717, 1.165) is 0 Å². The van der Waals surface area contributed by atoms with Crippen LogP contribution in [0.3, 0.4) is 0 Å². The summed E-state index contributed by atoms with van der Waals surface area (Å²) in [7, 11) is -0.101. The van der Waals surface area contributed by atoms with Crippen molar-refractivity contribution in [3.8, 4) is 0 Å². The molecule has 5 heteroatoms. The quantitative estimate of drug-likeness (QED) is 0.422. The Morgan fingerprint density at radius 2 is 1.03 bits per heavy atom. The van der Waals surface area contributed by atoms with E-state index in [1.165, 1.54) is 35.1 Å². The number of benzene rings is 2. The zero-order valence-corrected chi connectivity index (χ0v) is 26.5. The summed E-state index contributed by atoms with van der Waals surface area (Å²) in [6, 6.07) is 21.5. The van der Waals surface area contributed by atoms with E-state index in [9.17, 15) is 0 Å². The fourth-order valence-corrected chi connectivity index (χ4v) is 7.68. The molecule has 2 aromatic carbocycles. The molecule has 0 amide bonds. The van der Waals surface area contributed by atoms with Gasteiger partial charge in [0.25, 0.3) is 0 Å². The summed E-state index contributed by atoms with van der Waals surface area (Å²) in [5.41, 5.74) is 5.55. The minimum atomic E-state index is -0.846. The molecular formula is C26H32Cl2HfSi2. The first-order valence-corrected chi connectivity index (χ1v) is 21.5. The van der Waals surface area contributed by atoms with Crippen LogP contribution >= 0.6 is 0 Å². The molecule has 2 aliphatic carbocycles. The van der Waals surface area contributed by atoms with E-state index in [1.807, 2.05) is 0 Å². The molecule has 0 heterocycles. The maximum atomic E-state index is 2.46. The molecule has 0 bridgehead atoms. The zero-order valence-electron chi connectivity index (χ0n) is 19.0. The van der Waals surface area contributed by atoms with Crippen LogP contribution < -0.4 is 24.8 Å². The van der Waals surface area contributed by atoms with Crippen molar-refractivity contribution in [3.05, 3.63) is 103 Å². The number of rotatable bonds is 5. The monoisotopic (exact) mass is 650 g/mol. The topological polar surface area (TPSA) is 0 Å². The summed E-state index contributed by atoms with van der Waals surface area (Å²) in [4.78, 5) is 0. The molecule has 162 valence electrons. The molecular weight excluding hydrogens is 618 g/mol. The molecule has 0 unspecified atom stereocenters. The molecule has 0 radical (unpaired) electrons. The Kier molecular flexibility index (Phi) is 12.6. The predicted octanol–water partition coefficient (Wildman–Crippen LogP) is 0.858. The van der Waals surface area contributed by atoms with Gasteiger partial charge in [-0.3, -0.25) is 0 Å². The SMILES string of the molecule is C1=[C]([Hf+2][C]2=CC(c3ccccc3)=CC2)CC=C1c1ccccc1.C[SiH2][Si](C)(C)C.[Cl-].[Cl-]. The van der Waals surface area contributed by atoms with E-state index in [2.05, 4.69) is 111 Å². The van der Waals surface area contributed by atoms with Crippen molar-refractivity contribution in [2.45, 2.75) is 39.0 Å². The van der Waals surface area contributed by atoms with Crippen LogP contribution in [0.2, 0.25) is 26.2 Å². The first-order chi connectivity index (χ1) is 13.9. The van der Waals surface area contributed by atoms with Gasteiger partial charge in [-0.25, -0.2) is 0 Å². The zero-order chi connectivity index (χ0) is 20.7. The summed E-state index contributed by atoms with van der Waals surface area (Å²) in [6.07, 6.45) is 12.1. The van der Waals surface area contributed by atoms with Gasteiger partial charge < -0.3 is 24.8 Å². The van der Waals surface area contributed by atoms with Crippen LogP contribution in [0.1, 0.15) is 24.0 Å². The largest absolute Gasteiger partial charge is 1.00 e. The van der Waals surface area contributed by atoms with Crippen LogP contribution in [-0.2, 0) is 22.9 Å². The Morgan fingerprint density at radius 3 is 1.35 bits per heavy atom. The van der Waals surface area contributed by atoms with E-state index >= 15 is 0 Å².